The van der Waals surface area contributed by atoms with Crippen molar-refractivity contribution in [2.24, 2.45) is 0 Å². The molecule has 3 nitrogen and oxygen atoms in total. The maximum atomic E-state index is 12.7. The highest BCUT2D eigenvalue weighted by Crippen LogP contribution is 2.23. The molecule has 0 saturated carbocycles. The van der Waals surface area contributed by atoms with Gasteiger partial charge in [-0.25, -0.2) is 4.68 Å². The molecule has 0 aliphatic carbocycles. The van der Waals surface area contributed by atoms with Crippen LogP contribution < -0.4 is 5.56 Å². The van der Waals surface area contributed by atoms with Crippen LogP contribution in [0.15, 0.2) is 29.1 Å². The van der Waals surface area contributed by atoms with Gasteiger partial charge in [0.05, 0.1) is 5.69 Å². The second-order valence-corrected chi connectivity index (χ2v) is 6.00. The van der Waals surface area contributed by atoms with Crippen LogP contribution in [0, 0.1) is 6.92 Å². The van der Waals surface area contributed by atoms with Crippen molar-refractivity contribution in [1.29, 1.82) is 0 Å². The normalized spacial score (nSPS) is 11.8. The molecule has 1 aromatic carbocycles. The molecule has 1 heterocycles. The Bertz CT molecular complexity index is 641. The molecule has 102 valence electrons. The van der Waals surface area contributed by atoms with Crippen LogP contribution in [0.2, 0.25) is 0 Å². The van der Waals surface area contributed by atoms with Gasteiger partial charge in [0.1, 0.15) is 0 Å². The number of aryl methyl sites for hydroxylation is 2. The van der Waals surface area contributed by atoms with Gasteiger partial charge in [0.25, 0.3) is 5.56 Å². The molecule has 19 heavy (non-hydrogen) atoms. The van der Waals surface area contributed by atoms with Crippen molar-refractivity contribution in [2.75, 3.05) is 0 Å². The molecule has 0 amide bonds. The van der Waals surface area contributed by atoms with Gasteiger partial charge in [-0.3, -0.25) is 9.89 Å². The largest absolute Gasteiger partial charge is 0.295 e. The first kappa shape index (κ1) is 13.7. The van der Waals surface area contributed by atoms with Gasteiger partial charge in [-0.05, 0) is 30.4 Å². The summed E-state index contributed by atoms with van der Waals surface area (Å²) >= 11 is 0. The average molecular weight is 258 g/mol. The molecule has 3 heteroatoms. The van der Waals surface area contributed by atoms with Crippen LogP contribution in [-0.4, -0.2) is 9.78 Å². The molecule has 0 fully saturated rings. The molecule has 1 N–H and O–H groups in total. The molecular weight excluding hydrogens is 236 g/mol. The van der Waals surface area contributed by atoms with Crippen molar-refractivity contribution in [3.63, 3.8) is 0 Å². The molecule has 2 aromatic rings. The Hall–Kier alpha value is -1.77. The van der Waals surface area contributed by atoms with Crippen molar-refractivity contribution in [3.8, 4) is 5.69 Å². The smallest absolute Gasteiger partial charge is 0.275 e. The zero-order chi connectivity index (χ0) is 14.2. The predicted molar refractivity (Wildman–Crippen MR) is 79.2 cm³/mol. The van der Waals surface area contributed by atoms with Gasteiger partial charge in [-0.1, -0.05) is 45.9 Å². The van der Waals surface area contributed by atoms with Crippen LogP contribution in [0.5, 0.6) is 0 Å². The molecule has 0 radical (unpaired) electrons. The van der Waals surface area contributed by atoms with E-state index in [1.807, 2.05) is 31.2 Å². The highest BCUT2D eigenvalue weighted by molar-refractivity contribution is 5.41. The van der Waals surface area contributed by atoms with Crippen molar-refractivity contribution in [1.82, 2.24) is 9.78 Å². The van der Waals surface area contributed by atoms with Crippen LogP contribution in [0.1, 0.15) is 44.5 Å². The maximum absolute atomic E-state index is 12.7. The number of hydrogen-bond donors (Lipinski definition) is 1. The van der Waals surface area contributed by atoms with Gasteiger partial charge in [0.2, 0.25) is 0 Å². The van der Waals surface area contributed by atoms with E-state index in [0.29, 0.717) is 0 Å². The molecule has 0 aliphatic rings. The summed E-state index contributed by atoms with van der Waals surface area (Å²) in [6.07, 6.45) is 0.834. The topological polar surface area (TPSA) is 37.8 Å². The summed E-state index contributed by atoms with van der Waals surface area (Å²) < 4.78 is 1.68. The van der Waals surface area contributed by atoms with Crippen LogP contribution >= 0.6 is 0 Å². The van der Waals surface area contributed by atoms with Gasteiger partial charge in [-0.15, -0.1) is 0 Å². The van der Waals surface area contributed by atoms with Gasteiger partial charge in [0.15, 0.2) is 0 Å². The number of para-hydroxylation sites is 1. The Morgan fingerprint density at radius 2 is 1.84 bits per heavy atom. The number of benzene rings is 1. The van der Waals surface area contributed by atoms with Crippen LogP contribution in [0.4, 0.5) is 0 Å². The minimum atomic E-state index is -0.146. The molecule has 0 unspecified atom stereocenters. The molecule has 1 aromatic heterocycles. The van der Waals surface area contributed by atoms with Gasteiger partial charge < -0.3 is 0 Å². The fourth-order valence-corrected chi connectivity index (χ4v) is 2.50. The standard InChI is InChI=1S/C16H22N2O/c1-6-12-14(16(3,4)5)15(19)18(17-12)13-10-8-7-9-11(13)2/h7-10,17H,6H2,1-5H3. The molecule has 2 rings (SSSR count). The molecule has 0 bridgehead atoms. The third-order valence-corrected chi connectivity index (χ3v) is 3.43. The van der Waals surface area contributed by atoms with E-state index in [9.17, 15) is 4.79 Å². The SMILES string of the molecule is CCc1[nH]n(-c2ccccc2C)c(=O)c1C(C)(C)C. The molecule has 0 atom stereocenters. The minimum absolute atomic E-state index is 0.0682. The molecule has 0 spiro atoms. The number of rotatable bonds is 2. The van der Waals surface area contributed by atoms with Crippen molar-refractivity contribution >= 4 is 0 Å². The lowest BCUT2D eigenvalue weighted by atomic mass is 9.86. The van der Waals surface area contributed by atoms with E-state index in [4.69, 9.17) is 0 Å². The first-order valence-corrected chi connectivity index (χ1v) is 6.76. The Balaban J connectivity index is 2.72. The number of hydrogen-bond acceptors (Lipinski definition) is 1. The van der Waals surface area contributed by atoms with Crippen LogP contribution in [-0.2, 0) is 11.8 Å². The summed E-state index contributed by atoms with van der Waals surface area (Å²) in [6.45, 7) is 10.3. The van der Waals surface area contributed by atoms with E-state index in [2.05, 4.69) is 32.8 Å². The summed E-state index contributed by atoms with van der Waals surface area (Å²) in [5.41, 5.74) is 3.86. The Kier molecular flexibility index (Phi) is 3.40. The predicted octanol–water partition coefficient (Wildman–Crippen LogP) is 3.33. The van der Waals surface area contributed by atoms with Crippen molar-refractivity contribution in [2.45, 2.75) is 46.5 Å². The van der Waals surface area contributed by atoms with E-state index in [1.165, 1.54) is 0 Å². The van der Waals surface area contributed by atoms with E-state index in [-0.39, 0.29) is 11.0 Å². The van der Waals surface area contributed by atoms with Crippen molar-refractivity contribution in [3.05, 3.63) is 51.4 Å². The summed E-state index contributed by atoms with van der Waals surface area (Å²) in [6, 6.07) is 7.93. The van der Waals surface area contributed by atoms with E-state index in [1.54, 1.807) is 4.68 Å². The summed E-state index contributed by atoms with van der Waals surface area (Å²) in [4.78, 5) is 12.7. The molecular formula is C16H22N2O. The monoisotopic (exact) mass is 258 g/mol. The number of nitrogens with zero attached hydrogens (tertiary/aromatic N) is 1. The van der Waals surface area contributed by atoms with Gasteiger partial charge in [-0.2, -0.15) is 0 Å². The summed E-state index contributed by atoms with van der Waals surface area (Å²) in [7, 11) is 0. The maximum Gasteiger partial charge on any atom is 0.275 e. The second kappa shape index (κ2) is 4.72. The van der Waals surface area contributed by atoms with E-state index < -0.39 is 0 Å². The lowest BCUT2D eigenvalue weighted by molar-refractivity contribution is 0.578. The highest BCUT2D eigenvalue weighted by Gasteiger charge is 2.25. The van der Waals surface area contributed by atoms with Crippen molar-refractivity contribution < 1.29 is 0 Å². The fraction of sp³-hybridized carbons (Fsp3) is 0.438. The summed E-state index contributed by atoms with van der Waals surface area (Å²) in [5.74, 6) is 0. The van der Waals surface area contributed by atoms with Gasteiger partial charge >= 0.3 is 0 Å². The van der Waals surface area contributed by atoms with E-state index in [0.717, 1.165) is 28.9 Å². The fourth-order valence-electron chi connectivity index (χ4n) is 2.50. The number of nitrogens with one attached hydrogen (secondary N) is 1. The Morgan fingerprint density at radius 1 is 1.21 bits per heavy atom. The molecule has 0 aliphatic heterocycles. The quantitative estimate of drug-likeness (QED) is 0.881. The minimum Gasteiger partial charge on any atom is -0.295 e. The number of aromatic amines is 1. The van der Waals surface area contributed by atoms with Crippen LogP contribution in [0.25, 0.3) is 5.69 Å². The highest BCUT2D eigenvalue weighted by atomic mass is 16.1. The first-order valence-electron chi connectivity index (χ1n) is 6.76. The Labute approximate surface area is 114 Å². The zero-order valence-electron chi connectivity index (χ0n) is 12.4. The lowest BCUT2D eigenvalue weighted by Crippen LogP contribution is -2.25. The van der Waals surface area contributed by atoms with Gasteiger partial charge in [0, 0.05) is 11.3 Å². The second-order valence-electron chi connectivity index (χ2n) is 6.00. The number of H-pyrrole nitrogens is 1. The zero-order valence-corrected chi connectivity index (χ0v) is 12.4. The third kappa shape index (κ3) is 2.37. The Morgan fingerprint density at radius 3 is 2.32 bits per heavy atom. The number of aromatic nitrogens is 2. The van der Waals surface area contributed by atoms with Crippen LogP contribution in [0.3, 0.4) is 0 Å². The lowest BCUT2D eigenvalue weighted by Gasteiger charge is -2.16. The average Bonchev–Trinajstić information content (AvgIpc) is 2.66. The molecule has 0 saturated heterocycles. The summed E-state index contributed by atoms with van der Waals surface area (Å²) in [5, 5.41) is 3.27. The van der Waals surface area contributed by atoms with E-state index >= 15 is 0 Å². The third-order valence-electron chi connectivity index (χ3n) is 3.43. The first-order chi connectivity index (χ1) is 8.86.